The van der Waals surface area contributed by atoms with Crippen molar-refractivity contribution in [1.29, 1.82) is 0 Å². The quantitative estimate of drug-likeness (QED) is 0.488. The number of methoxy groups -OCH3 is 1. The number of carbonyl (C=O) groups is 1. The third-order valence-electron chi connectivity index (χ3n) is 5.07. The van der Waals surface area contributed by atoms with Gasteiger partial charge in [0.25, 0.3) is 0 Å². The largest absolute Gasteiger partial charge is 0.493 e. The summed E-state index contributed by atoms with van der Waals surface area (Å²) < 4.78 is 16.5. The van der Waals surface area contributed by atoms with Crippen molar-refractivity contribution in [2.75, 3.05) is 33.4 Å². The molecule has 0 aliphatic heterocycles. The van der Waals surface area contributed by atoms with Gasteiger partial charge in [0.1, 0.15) is 6.61 Å². The van der Waals surface area contributed by atoms with Crippen molar-refractivity contribution in [2.45, 2.75) is 59.4 Å². The van der Waals surface area contributed by atoms with Crippen LogP contribution in [-0.2, 0) is 17.8 Å². The number of rotatable bonds is 14. The van der Waals surface area contributed by atoms with Gasteiger partial charge in [-0.05, 0) is 37.2 Å². The van der Waals surface area contributed by atoms with Gasteiger partial charge >= 0.3 is 0 Å². The lowest BCUT2D eigenvalue weighted by atomic mass is 10.2. The van der Waals surface area contributed by atoms with Crippen molar-refractivity contribution >= 4 is 5.91 Å². The highest BCUT2D eigenvalue weighted by Gasteiger charge is 2.11. The maximum absolute atomic E-state index is 12.2. The van der Waals surface area contributed by atoms with Gasteiger partial charge in [0.2, 0.25) is 11.8 Å². The van der Waals surface area contributed by atoms with Crippen LogP contribution in [0, 0.1) is 0 Å². The minimum atomic E-state index is -0.0119. The molecule has 0 saturated carbocycles. The second kappa shape index (κ2) is 12.9. The normalized spacial score (nSPS) is 11.2. The zero-order chi connectivity index (χ0) is 22.6. The van der Waals surface area contributed by atoms with Gasteiger partial charge in [0.05, 0.1) is 7.11 Å². The predicted octanol–water partition coefficient (Wildman–Crippen LogP) is 3.56. The van der Waals surface area contributed by atoms with Gasteiger partial charge in [-0.15, -0.1) is 0 Å². The smallest absolute Gasteiger partial charge is 0.226 e. The first-order valence-electron chi connectivity index (χ1n) is 11.1. The molecule has 0 fully saturated rings. The summed E-state index contributed by atoms with van der Waals surface area (Å²) in [5, 5.41) is 6.88. The Morgan fingerprint density at radius 2 is 2.00 bits per heavy atom. The fraction of sp³-hybridized carbons (Fsp3) is 0.609. The van der Waals surface area contributed by atoms with Crippen molar-refractivity contribution in [2.24, 2.45) is 0 Å². The minimum absolute atomic E-state index is 0.0119. The van der Waals surface area contributed by atoms with E-state index in [-0.39, 0.29) is 11.8 Å². The Balaban J connectivity index is 1.75. The van der Waals surface area contributed by atoms with Gasteiger partial charge in [0.15, 0.2) is 17.3 Å². The first-order valence-corrected chi connectivity index (χ1v) is 11.1. The van der Waals surface area contributed by atoms with Crippen LogP contribution >= 0.6 is 0 Å². The molecule has 1 amide bonds. The van der Waals surface area contributed by atoms with Crippen molar-refractivity contribution in [1.82, 2.24) is 20.4 Å². The van der Waals surface area contributed by atoms with E-state index >= 15 is 0 Å². The molecule has 0 aliphatic carbocycles. The number of likely N-dealkylation sites (N-methyl/N-ethyl adjacent to an activating group) is 1. The van der Waals surface area contributed by atoms with Crippen LogP contribution < -0.4 is 14.8 Å². The molecule has 2 aromatic rings. The van der Waals surface area contributed by atoms with E-state index < -0.39 is 0 Å². The zero-order valence-corrected chi connectivity index (χ0v) is 19.4. The van der Waals surface area contributed by atoms with Crippen LogP contribution in [0.15, 0.2) is 22.7 Å². The van der Waals surface area contributed by atoms with E-state index in [4.69, 9.17) is 14.0 Å². The summed E-state index contributed by atoms with van der Waals surface area (Å²) in [6, 6.07) is 5.74. The fourth-order valence-corrected chi connectivity index (χ4v) is 3.06. The van der Waals surface area contributed by atoms with E-state index in [0.29, 0.717) is 55.6 Å². The van der Waals surface area contributed by atoms with Crippen molar-refractivity contribution < 1.29 is 18.8 Å². The summed E-state index contributed by atoms with van der Waals surface area (Å²) in [5.41, 5.74) is 0.958. The number of aromatic nitrogens is 2. The van der Waals surface area contributed by atoms with Crippen molar-refractivity contribution in [3.63, 3.8) is 0 Å². The summed E-state index contributed by atoms with van der Waals surface area (Å²) in [4.78, 5) is 18.8. The summed E-state index contributed by atoms with van der Waals surface area (Å²) in [6.07, 6.45) is 1.66. The molecule has 0 spiro atoms. The molecule has 0 radical (unpaired) electrons. The van der Waals surface area contributed by atoms with E-state index in [9.17, 15) is 4.79 Å². The molecular weight excluding hydrogens is 396 g/mol. The SMILES string of the molecule is CCN(CC)CCOc1ccc(CNC(=O)CCCc2nc(C(C)C)no2)cc1OC. The van der Waals surface area contributed by atoms with Crippen LogP contribution in [0.4, 0.5) is 0 Å². The van der Waals surface area contributed by atoms with E-state index in [1.807, 2.05) is 32.0 Å². The third kappa shape index (κ3) is 8.20. The highest BCUT2D eigenvalue weighted by atomic mass is 16.5. The lowest BCUT2D eigenvalue weighted by Crippen LogP contribution is -2.28. The average Bonchev–Trinajstić information content (AvgIpc) is 3.25. The Morgan fingerprint density at radius 3 is 2.65 bits per heavy atom. The molecule has 2 rings (SSSR count). The Morgan fingerprint density at radius 1 is 1.23 bits per heavy atom. The number of hydrogen-bond acceptors (Lipinski definition) is 7. The molecule has 8 nitrogen and oxygen atoms in total. The number of nitrogens with zero attached hydrogens (tertiary/aromatic N) is 3. The topological polar surface area (TPSA) is 89.7 Å². The molecule has 0 aliphatic rings. The molecule has 1 aromatic heterocycles. The third-order valence-corrected chi connectivity index (χ3v) is 5.07. The number of aryl methyl sites for hydroxylation is 1. The second-order valence-electron chi connectivity index (χ2n) is 7.69. The number of hydrogen-bond donors (Lipinski definition) is 1. The molecule has 0 unspecified atom stereocenters. The number of carbonyl (C=O) groups excluding carboxylic acids is 1. The molecule has 1 heterocycles. The molecule has 0 atom stereocenters. The Hall–Kier alpha value is -2.61. The summed E-state index contributed by atoms with van der Waals surface area (Å²) >= 11 is 0. The van der Waals surface area contributed by atoms with Gasteiger partial charge in [-0.1, -0.05) is 38.9 Å². The number of amides is 1. The monoisotopic (exact) mass is 432 g/mol. The van der Waals surface area contributed by atoms with E-state index in [2.05, 4.69) is 34.2 Å². The van der Waals surface area contributed by atoms with Gasteiger partial charge in [0, 0.05) is 31.8 Å². The molecular formula is C23H36N4O4. The molecule has 0 saturated heterocycles. The van der Waals surface area contributed by atoms with Crippen LogP contribution in [0.3, 0.4) is 0 Å². The molecule has 0 bridgehead atoms. The van der Waals surface area contributed by atoms with Crippen molar-refractivity contribution in [3.8, 4) is 11.5 Å². The van der Waals surface area contributed by atoms with Crippen LogP contribution in [-0.4, -0.2) is 54.3 Å². The van der Waals surface area contributed by atoms with Crippen LogP contribution in [0.2, 0.25) is 0 Å². The van der Waals surface area contributed by atoms with Crippen molar-refractivity contribution in [3.05, 3.63) is 35.5 Å². The van der Waals surface area contributed by atoms with Gasteiger partial charge in [-0.2, -0.15) is 4.98 Å². The van der Waals surface area contributed by atoms with Crippen LogP contribution in [0.1, 0.15) is 63.7 Å². The highest BCUT2D eigenvalue weighted by molar-refractivity contribution is 5.75. The molecule has 1 N–H and O–H groups in total. The fourth-order valence-electron chi connectivity index (χ4n) is 3.06. The maximum Gasteiger partial charge on any atom is 0.226 e. The van der Waals surface area contributed by atoms with Crippen LogP contribution in [0.25, 0.3) is 0 Å². The zero-order valence-electron chi connectivity index (χ0n) is 19.4. The first kappa shape index (κ1) is 24.7. The minimum Gasteiger partial charge on any atom is -0.493 e. The summed E-state index contributed by atoms with van der Waals surface area (Å²) in [7, 11) is 1.62. The lowest BCUT2D eigenvalue weighted by molar-refractivity contribution is -0.121. The molecule has 172 valence electrons. The van der Waals surface area contributed by atoms with Gasteiger partial charge in [-0.3, -0.25) is 4.79 Å². The van der Waals surface area contributed by atoms with Crippen LogP contribution in [0.5, 0.6) is 11.5 Å². The number of nitrogens with one attached hydrogen (secondary N) is 1. The first-order chi connectivity index (χ1) is 15.0. The summed E-state index contributed by atoms with van der Waals surface area (Å²) in [5.74, 6) is 2.89. The number of ether oxygens (including phenoxy) is 2. The van der Waals surface area contributed by atoms with E-state index in [1.165, 1.54) is 0 Å². The maximum atomic E-state index is 12.2. The van der Waals surface area contributed by atoms with E-state index in [0.717, 1.165) is 25.2 Å². The predicted molar refractivity (Wildman–Crippen MR) is 119 cm³/mol. The van der Waals surface area contributed by atoms with Gasteiger partial charge < -0.3 is 24.2 Å². The van der Waals surface area contributed by atoms with E-state index in [1.54, 1.807) is 7.11 Å². The Bertz CT molecular complexity index is 803. The Labute approximate surface area is 185 Å². The molecule has 31 heavy (non-hydrogen) atoms. The number of benzene rings is 1. The lowest BCUT2D eigenvalue weighted by Gasteiger charge is -2.19. The molecule has 1 aromatic carbocycles. The Kier molecular flexibility index (Phi) is 10.3. The standard InChI is InChI=1S/C23H36N4O4/c1-6-27(7-2)13-14-30-19-12-11-18(15-20(19)29-5)16-24-21(28)9-8-10-22-25-23(17(3)4)26-31-22/h11-12,15,17H,6-10,13-14,16H2,1-5H3,(H,24,28). The summed E-state index contributed by atoms with van der Waals surface area (Å²) in [6.45, 7) is 12.2. The van der Waals surface area contributed by atoms with Gasteiger partial charge in [-0.25, -0.2) is 0 Å². The molecule has 8 heteroatoms. The second-order valence-corrected chi connectivity index (χ2v) is 7.69. The average molecular weight is 433 g/mol. The highest BCUT2D eigenvalue weighted by Crippen LogP contribution is 2.28.